The Morgan fingerprint density at radius 2 is 1.95 bits per heavy atom. The zero-order valence-corrected chi connectivity index (χ0v) is 12.0. The Morgan fingerprint density at radius 3 is 2.50 bits per heavy atom. The summed E-state index contributed by atoms with van der Waals surface area (Å²) in [7, 11) is 0. The Hall–Kier alpha value is -1.71. The quantitative estimate of drug-likeness (QED) is 0.471. The second-order valence-electron chi connectivity index (χ2n) is 5.11. The van der Waals surface area contributed by atoms with Gasteiger partial charge < -0.3 is 35.8 Å². The molecule has 0 aromatic heterocycles. The van der Waals surface area contributed by atoms with Crippen molar-refractivity contribution in [3.63, 3.8) is 0 Å². The average molecular weight is 312 g/mol. The number of carbonyl (C=O) groups excluding carboxylic acids is 1. The minimum absolute atomic E-state index is 0.189. The van der Waals surface area contributed by atoms with Crippen molar-refractivity contribution < 1.29 is 29.6 Å². The summed E-state index contributed by atoms with van der Waals surface area (Å²) >= 11 is 0. The smallest absolute Gasteiger partial charge is 0.228 e. The molecule has 0 bridgehead atoms. The summed E-state index contributed by atoms with van der Waals surface area (Å²) in [6.45, 7) is 0.960. The number of hydrogen-bond acceptors (Lipinski definition) is 7. The van der Waals surface area contributed by atoms with Gasteiger partial charge in [0.15, 0.2) is 0 Å². The second-order valence-corrected chi connectivity index (χ2v) is 5.11. The van der Waals surface area contributed by atoms with Gasteiger partial charge in [0.05, 0.1) is 12.6 Å². The van der Waals surface area contributed by atoms with Gasteiger partial charge in [0, 0.05) is 12.6 Å². The molecule has 0 spiro atoms. The molecule has 6 N–H and O–H groups in total. The molecule has 5 atom stereocenters. The number of benzene rings is 1. The predicted molar refractivity (Wildman–Crippen MR) is 77.1 cm³/mol. The van der Waals surface area contributed by atoms with Gasteiger partial charge in [0.25, 0.3) is 0 Å². The van der Waals surface area contributed by atoms with Crippen molar-refractivity contribution in [2.45, 2.75) is 37.6 Å². The highest BCUT2D eigenvalue weighted by molar-refractivity contribution is 5.88. The maximum absolute atomic E-state index is 10.9. The molecule has 1 amide bonds. The number of nitrogens with two attached hydrogens (primary N) is 1. The fourth-order valence-electron chi connectivity index (χ4n) is 2.17. The van der Waals surface area contributed by atoms with Crippen LogP contribution in [0.2, 0.25) is 0 Å². The van der Waals surface area contributed by atoms with E-state index in [2.05, 4.69) is 5.32 Å². The molecule has 1 heterocycles. The number of aliphatic hydroxyl groups is 3. The minimum atomic E-state index is -1.24. The molecule has 1 aliphatic heterocycles. The summed E-state index contributed by atoms with van der Waals surface area (Å²) in [6, 6.07) is 5.45. The zero-order valence-electron chi connectivity index (χ0n) is 12.0. The van der Waals surface area contributed by atoms with E-state index < -0.39 is 37.3 Å². The van der Waals surface area contributed by atoms with Gasteiger partial charge in [0.2, 0.25) is 12.2 Å². The maximum Gasteiger partial charge on any atom is 0.228 e. The number of hydrogen-bond donors (Lipinski definition) is 5. The molecule has 0 aliphatic carbocycles. The van der Waals surface area contributed by atoms with E-state index in [1.807, 2.05) is 0 Å². The number of anilines is 1. The van der Waals surface area contributed by atoms with E-state index >= 15 is 0 Å². The van der Waals surface area contributed by atoms with Crippen molar-refractivity contribution in [2.75, 3.05) is 11.9 Å². The SMILES string of the molecule is CC(=O)Nc1ccc(OC2OC(CO)C(O)C(N)C2O)cc1. The monoisotopic (exact) mass is 312 g/mol. The Bertz CT molecular complexity index is 507. The predicted octanol–water partition coefficient (Wildman–Crippen LogP) is -1.21. The van der Waals surface area contributed by atoms with Gasteiger partial charge in [0.1, 0.15) is 24.1 Å². The average Bonchev–Trinajstić information content (AvgIpc) is 2.49. The Morgan fingerprint density at radius 1 is 1.32 bits per heavy atom. The highest BCUT2D eigenvalue weighted by atomic mass is 16.7. The standard InChI is InChI=1S/C14H20N2O6/c1-7(18)16-8-2-4-9(5-3-8)21-14-13(20)11(15)12(19)10(6-17)22-14/h2-5,10-14,17,19-20H,6,15H2,1H3,(H,16,18). The molecular weight excluding hydrogens is 292 g/mol. The largest absolute Gasteiger partial charge is 0.462 e. The molecule has 2 rings (SSSR count). The van der Waals surface area contributed by atoms with E-state index in [4.69, 9.17) is 20.3 Å². The van der Waals surface area contributed by atoms with Crippen molar-refractivity contribution in [1.82, 2.24) is 0 Å². The van der Waals surface area contributed by atoms with Crippen molar-refractivity contribution in [3.05, 3.63) is 24.3 Å². The van der Waals surface area contributed by atoms with Crippen molar-refractivity contribution in [1.29, 1.82) is 0 Å². The van der Waals surface area contributed by atoms with Crippen LogP contribution in [0.1, 0.15) is 6.92 Å². The summed E-state index contributed by atoms with van der Waals surface area (Å²) in [5.74, 6) is 0.198. The van der Waals surface area contributed by atoms with Crippen LogP contribution in [0.25, 0.3) is 0 Å². The summed E-state index contributed by atoms with van der Waals surface area (Å²) in [5.41, 5.74) is 6.29. The fourth-order valence-corrected chi connectivity index (χ4v) is 2.17. The third-order valence-corrected chi connectivity index (χ3v) is 3.36. The molecule has 122 valence electrons. The topological polar surface area (TPSA) is 134 Å². The van der Waals surface area contributed by atoms with E-state index in [1.54, 1.807) is 24.3 Å². The first-order chi connectivity index (χ1) is 10.4. The molecular formula is C14H20N2O6. The Labute approximate surface area is 127 Å². The highest BCUT2D eigenvalue weighted by Gasteiger charge is 2.43. The van der Waals surface area contributed by atoms with Gasteiger partial charge in [-0.15, -0.1) is 0 Å². The maximum atomic E-state index is 10.9. The normalized spacial score (nSPS) is 31.6. The van der Waals surface area contributed by atoms with Crippen LogP contribution in [0.15, 0.2) is 24.3 Å². The van der Waals surface area contributed by atoms with E-state index in [0.717, 1.165) is 0 Å². The Kier molecular flexibility index (Phi) is 5.33. The molecule has 8 heteroatoms. The van der Waals surface area contributed by atoms with Crippen LogP contribution in [0.3, 0.4) is 0 Å². The summed E-state index contributed by atoms with van der Waals surface area (Å²) in [4.78, 5) is 10.9. The first kappa shape index (κ1) is 16.7. The van der Waals surface area contributed by atoms with Gasteiger partial charge in [-0.25, -0.2) is 0 Å². The van der Waals surface area contributed by atoms with Gasteiger partial charge >= 0.3 is 0 Å². The summed E-state index contributed by atoms with van der Waals surface area (Å²) in [5, 5.41) is 31.5. The van der Waals surface area contributed by atoms with E-state index in [-0.39, 0.29) is 5.91 Å². The number of nitrogens with one attached hydrogen (secondary N) is 1. The number of carbonyl (C=O) groups is 1. The Balaban J connectivity index is 2.04. The molecule has 1 aliphatic rings. The molecule has 8 nitrogen and oxygen atoms in total. The van der Waals surface area contributed by atoms with Crippen LogP contribution in [-0.2, 0) is 9.53 Å². The fraction of sp³-hybridized carbons (Fsp3) is 0.500. The molecule has 22 heavy (non-hydrogen) atoms. The number of aliphatic hydroxyl groups excluding tert-OH is 3. The lowest BCUT2D eigenvalue weighted by Gasteiger charge is -2.40. The third kappa shape index (κ3) is 3.73. The summed E-state index contributed by atoms with van der Waals surface area (Å²) in [6.07, 6.45) is -4.46. The third-order valence-electron chi connectivity index (χ3n) is 3.36. The first-order valence-corrected chi connectivity index (χ1v) is 6.84. The molecule has 5 unspecified atom stereocenters. The lowest BCUT2D eigenvalue weighted by molar-refractivity contribution is -0.247. The minimum Gasteiger partial charge on any atom is -0.462 e. The lowest BCUT2D eigenvalue weighted by atomic mass is 9.97. The van der Waals surface area contributed by atoms with Crippen molar-refractivity contribution in [2.24, 2.45) is 5.73 Å². The van der Waals surface area contributed by atoms with Crippen LogP contribution in [-0.4, -0.2) is 58.5 Å². The van der Waals surface area contributed by atoms with Crippen LogP contribution < -0.4 is 15.8 Å². The summed E-state index contributed by atoms with van der Waals surface area (Å²) < 4.78 is 10.8. The molecule has 1 fully saturated rings. The van der Waals surface area contributed by atoms with Gasteiger partial charge in [-0.05, 0) is 24.3 Å². The zero-order chi connectivity index (χ0) is 16.3. The number of ether oxygens (including phenoxy) is 2. The van der Waals surface area contributed by atoms with Crippen molar-refractivity contribution >= 4 is 11.6 Å². The lowest BCUT2D eigenvalue weighted by Crippen LogP contribution is -2.63. The van der Waals surface area contributed by atoms with Gasteiger partial charge in [-0.3, -0.25) is 4.79 Å². The first-order valence-electron chi connectivity index (χ1n) is 6.84. The van der Waals surface area contributed by atoms with Gasteiger partial charge in [-0.1, -0.05) is 0 Å². The van der Waals surface area contributed by atoms with Gasteiger partial charge in [-0.2, -0.15) is 0 Å². The van der Waals surface area contributed by atoms with Crippen LogP contribution in [0, 0.1) is 0 Å². The molecule has 0 radical (unpaired) electrons. The van der Waals surface area contributed by atoms with E-state index in [1.165, 1.54) is 6.92 Å². The van der Waals surface area contributed by atoms with Crippen LogP contribution >= 0.6 is 0 Å². The molecule has 1 saturated heterocycles. The second kappa shape index (κ2) is 7.03. The molecule has 1 aromatic carbocycles. The molecule has 1 aromatic rings. The van der Waals surface area contributed by atoms with Crippen molar-refractivity contribution in [3.8, 4) is 5.75 Å². The number of amides is 1. The highest BCUT2D eigenvalue weighted by Crippen LogP contribution is 2.24. The molecule has 0 saturated carbocycles. The number of rotatable bonds is 4. The van der Waals surface area contributed by atoms with E-state index in [9.17, 15) is 15.0 Å². The van der Waals surface area contributed by atoms with Crippen LogP contribution in [0.4, 0.5) is 5.69 Å². The van der Waals surface area contributed by atoms with E-state index in [0.29, 0.717) is 11.4 Å². The van der Waals surface area contributed by atoms with Crippen LogP contribution in [0.5, 0.6) is 5.75 Å².